The van der Waals surface area contributed by atoms with Crippen LogP contribution in [0.15, 0.2) is 94.5 Å². The zero-order valence-electron chi connectivity index (χ0n) is 16.8. The van der Waals surface area contributed by atoms with Crippen molar-refractivity contribution >= 4 is 33.0 Å². The van der Waals surface area contributed by atoms with Gasteiger partial charge in [0.1, 0.15) is 5.82 Å². The van der Waals surface area contributed by atoms with Crippen LogP contribution in [0.2, 0.25) is 0 Å². The fraction of sp³-hybridized carbons (Fsp3) is 0.0417. The van der Waals surface area contributed by atoms with Gasteiger partial charge in [-0.3, -0.25) is 9.52 Å². The molecule has 162 valence electrons. The van der Waals surface area contributed by atoms with E-state index in [1.54, 1.807) is 11.3 Å². The van der Waals surface area contributed by atoms with Gasteiger partial charge < -0.3 is 5.32 Å². The van der Waals surface area contributed by atoms with Gasteiger partial charge in [-0.1, -0.05) is 30.3 Å². The van der Waals surface area contributed by atoms with E-state index in [-0.39, 0.29) is 16.5 Å². The summed E-state index contributed by atoms with van der Waals surface area (Å²) in [6.07, 6.45) is 0. The largest absolute Gasteiger partial charge is 0.348 e. The average Bonchev–Trinajstić information content (AvgIpc) is 3.33. The van der Waals surface area contributed by atoms with Crippen molar-refractivity contribution in [2.24, 2.45) is 0 Å². The highest BCUT2D eigenvalue weighted by atomic mass is 32.2. The maximum absolute atomic E-state index is 13.3. The molecule has 0 saturated heterocycles. The van der Waals surface area contributed by atoms with E-state index in [0.717, 1.165) is 22.8 Å². The molecule has 1 aromatic heterocycles. The summed E-state index contributed by atoms with van der Waals surface area (Å²) in [7, 11) is -3.93. The number of sulfonamides is 1. The van der Waals surface area contributed by atoms with Gasteiger partial charge in [0.05, 0.1) is 4.90 Å². The van der Waals surface area contributed by atoms with Crippen molar-refractivity contribution in [3.05, 3.63) is 107 Å². The van der Waals surface area contributed by atoms with Gasteiger partial charge in [-0.25, -0.2) is 12.8 Å². The van der Waals surface area contributed by atoms with Crippen molar-refractivity contribution in [1.29, 1.82) is 0 Å². The number of nitrogens with one attached hydrogen (secondary N) is 2. The fourth-order valence-electron chi connectivity index (χ4n) is 3.19. The van der Waals surface area contributed by atoms with Gasteiger partial charge in [0.2, 0.25) is 0 Å². The highest BCUT2D eigenvalue weighted by Gasteiger charge is 2.15. The van der Waals surface area contributed by atoms with Crippen LogP contribution in [0.4, 0.5) is 10.1 Å². The number of rotatable bonds is 7. The van der Waals surface area contributed by atoms with E-state index in [4.69, 9.17) is 0 Å². The predicted molar refractivity (Wildman–Crippen MR) is 125 cm³/mol. The highest BCUT2D eigenvalue weighted by Crippen LogP contribution is 2.26. The number of halogens is 1. The van der Waals surface area contributed by atoms with Gasteiger partial charge in [-0.15, -0.1) is 0 Å². The van der Waals surface area contributed by atoms with E-state index in [9.17, 15) is 17.6 Å². The van der Waals surface area contributed by atoms with E-state index in [2.05, 4.69) is 15.4 Å². The first-order valence-corrected chi connectivity index (χ1v) is 12.1. The van der Waals surface area contributed by atoms with Gasteiger partial charge in [-0.2, -0.15) is 11.3 Å². The standard InChI is InChI=1S/C24H19FN2O3S2/c25-20-5-3-6-22(14-20)32(29,30)27-21-10-8-17(9-11-21)24(28)26-15-18-4-1-2-7-23(18)19-12-13-31-16-19/h1-14,16,27H,15H2,(H,26,28). The van der Waals surface area contributed by atoms with E-state index >= 15 is 0 Å². The molecule has 0 spiro atoms. The molecule has 0 saturated carbocycles. The molecule has 0 radical (unpaired) electrons. The summed E-state index contributed by atoms with van der Waals surface area (Å²) < 4.78 is 40.5. The molecule has 8 heteroatoms. The first kappa shape index (κ1) is 21.7. The Labute approximate surface area is 189 Å². The number of anilines is 1. The number of benzene rings is 3. The Hall–Kier alpha value is -3.49. The molecule has 4 aromatic rings. The minimum Gasteiger partial charge on any atom is -0.348 e. The smallest absolute Gasteiger partial charge is 0.261 e. The lowest BCUT2D eigenvalue weighted by atomic mass is 10.0. The van der Waals surface area contributed by atoms with E-state index in [1.807, 2.05) is 35.7 Å². The second-order valence-corrected chi connectivity index (χ2v) is 9.45. The Kier molecular flexibility index (Phi) is 6.34. The van der Waals surface area contributed by atoms with Crippen molar-refractivity contribution in [3.8, 4) is 11.1 Å². The second kappa shape index (κ2) is 9.33. The highest BCUT2D eigenvalue weighted by molar-refractivity contribution is 7.92. The van der Waals surface area contributed by atoms with Gasteiger partial charge in [0, 0.05) is 17.8 Å². The van der Waals surface area contributed by atoms with Crippen molar-refractivity contribution in [1.82, 2.24) is 5.32 Å². The molecule has 1 heterocycles. The minimum absolute atomic E-state index is 0.177. The number of carbonyl (C=O) groups excluding carboxylic acids is 1. The number of hydrogen-bond donors (Lipinski definition) is 2. The fourth-order valence-corrected chi connectivity index (χ4v) is 4.93. The Bertz CT molecular complexity index is 1340. The third kappa shape index (κ3) is 5.04. The van der Waals surface area contributed by atoms with Gasteiger partial charge in [-0.05, 0) is 76.0 Å². The topological polar surface area (TPSA) is 75.3 Å². The molecule has 0 atom stereocenters. The zero-order valence-corrected chi connectivity index (χ0v) is 18.4. The second-order valence-electron chi connectivity index (χ2n) is 6.99. The molecule has 4 rings (SSSR count). The molecular formula is C24H19FN2O3S2. The Morgan fingerprint density at radius 2 is 1.72 bits per heavy atom. The van der Waals surface area contributed by atoms with Gasteiger partial charge in [0.15, 0.2) is 0 Å². The third-order valence-electron chi connectivity index (χ3n) is 4.79. The monoisotopic (exact) mass is 466 g/mol. The summed E-state index contributed by atoms with van der Waals surface area (Å²) in [6.45, 7) is 0.360. The number of thiophene rings is 1. The molecule has 5 nitrogen and oxygen atoms in total. The molecule has 2 N–H and O–H groups in total. The van der Waals surface area contributed by atoms with E-state index in [0.29, 0.717) is 12.1 Å². The lowest BCUT2D eigenvalue weighted by Crippen LogP contribution is -2.23. The van der Waals surface area contributed by atoms with Crippen LogP contribution < -0.4 is 10.0 Å². The van der Waals surface area contributed by atoms with Crippen LogP contribution in [-0.2, 0) is 16.6 Å². The van der Waals surface area contributed by atoms with Crippen LogP contribution in [0.3, 0.4) is 0 Å². The lowest BCUT2D eigenvalue weighted by molar-refractivity contribution is 0.0951. The molecule has 0 aliphatic carbocycles. The zero-order chi connectivity index (χ0) is 22.6. The summed E-state index contributed by atoms with van der Waals surface area (Å²) in [5.41, 5.74) is 3.84. The van der Waals surface area contributed by atoms with Crippen molar-refractivity contribution in [2.75, 3.05) is 4.72 Å². The Morgan fingerprint density at radius 3 is 2.44 bits per heavy atom. The van der Waals surface area contributed by atoms with Crippen molar-refractivity contribution < 1.29 is 17.6 Å². The molecule has 32 heavy (non-hydrogen) atoms. The number of hydrogen-bond acceptors (Lipinski definition) is 4. The van der Waals surface area contributed by atoms with E-state index < -0.39 is 15.8 Å². The maximum Gasteiger partial charge on any atom is 0.261 e. The molecular weight excluding hydrogens is 447 g/mol. The van der Waals surface area contributed by atoms with Gasteiger partial charge in [0.25, 0.3) is 15.9 Å². The molecule has 0 aliphatic heterocycles. The summed E-state index contributed by atoms with van der Waals surface area (Å²) >= 11 is 1.61. The van der Waals surface area contributed by atoms with Gasteiger partial charge >= 0.3 is 0 Å². The molecule has 0 aliphatic rings. The van der Waals surface area contributed by atoms with Crippen LogP contribution in [0.5, 0.6) is 0 Å². The third-order valence-corrected chi connectivity index (χ3v) is 6.86. The van der Waals surface area contributed by atoms with Crippen LogP contribution in [0, 0.1) is 5.82 Å². The van der Waals surface area contributed by atoms with Crippen LogP contribution in [0.25, 0.3) is 11.1 Å². The lowest BCUT2D eigenvalue weighted by Gasteiger charge is -2.11. The Morgan fingerprint density at radius 1 is 0.938 bits per heavy atom. The quantitative estimate of drug-likeness (QED) is 0.389. The predicted octanol–water partition coefficient (Wildman–Crippen LogP) is 5.29. The van der Waals surface area contributed by atoms with Crippen LogP contribution in [0.1, 0.15) is 15.9 Å². The normalized spacial score (nSPS) is 11.2. The molecule has 0 unspecified atom stereocenters. The maximum atomic E-state index is 13.3. The Balaban J connectivity index is 1.42. The number of carbonyl (C=O) groups is 1. The average molecular weight is 467 g/mol. The summed E-state index contributed by atoms with van der Waals surface area (Å²) in [5.74, 6) is -0.912. The summed E-state index contributed by atoms with van der Waals surface area (Å²) in [5, 5.41) is 6.97. The van der Waals surface area contributed by atoms with Crippen LogP contribution >= 0.6 is 11.3 Å². The molecule has 1 amide bonds. The van der Waals surface area contributed by atoms with E-state index in [1.165, 1.54) is 42.5 Å². The molecule has 0 fully saturated rings. The number of amides is 1. The van der Waals surface area contributed by atoms with Crippen LogP contribution in [-0.4, -0.2) is 14.3 Å². The molecule has 0 bridgehead atoms. The SMILES string of the molecule is O=C(NCc1ccccc1-c1ccsc1)c1ccc(NS(=O)(=O)c2cccc(F)c2)cc1. The van der Waals surface area contributed by atoms with Crippen molar-refractivity contribution in [3.63, 3.8) is 0 Å². The first-order valence-electron chi connectivity index (χ1n) is 9.69. The van der Waals surface area contributed by atoms with Crippen molar-refractivity contribution in [2.45, 2.75) is 11.4 Å². The molecule has 3 aromatic carbocycles. The summed E-state index contributed by atoms with van der Waals surface area (Å²) in [6, 6.07) is 20.7. The summed E-state index contributed by atoms with van der Waals surface area (Å²) in [4.78, 5) is 12.4. The minimum atomic E-state index is -3.93. The first-order chi connectivity index (χ1) is 15.4.